The maximum atomic E-state index is 12.5. The van der Waals surface area contributed by atoms with Crippen LogP contribution in [0, 0.1) is 0 Å². The Bertz CT molecular complexity index is 599. The third-order valence-corrected chi connectivity index (χ3v) is 4.84. The summed E-state index contributed by atoms with van der Waals surface area (Å²) in [5, 5.41) is 3.09. The molecule has 24 heavy (non-hydrogen) atoms. The van der Waals surface area contributed by atoms with Crippen LogP contribution < -0.4 is 15.8 Å². The summed E-state index contributed by atoms with van der Waals surface area (Å²) in [4.78, 5) is 25.8. The lowest BCUT2D eigenvalue weighted by atomic mass is 10.0. The summed E-state index contributed by atoms with van der Waals surface area (Å²) in [7, 11) is 0. The molecule has 1 aliphatic heterocycles. The number of benzene rings is 1. The van der Waals surface area contributed by atoms with Crippen molar-refractivity contribution in [2.75, 3.05) is 19.7 Å². The molecule has 6 heteroatoms. The summed E-state index contributed by atoms with van der Waals surface area (Å²) in [5.41, 5.74) is 6.37. The van der Waals surface area contributed by atoms with Crippen molar-refractivity contribution in [3.63, 3.8) is 0 Å². The van der Waals surface area contributed by atoms with Gasteiger partial charge in [0.25, 0.3) is 0 Å². The Morgan fingerprint density at radius 1 is 1.17 bits per heavy atom. The molecule has 1 heterocycles. The van der Waals surface area contributed by atoms with E-state index in [2.05, 4.69) is 5.32 Å². The topological polar surface area (TPSA) is 84.7 Å². The molecule has 2 aliphatic rings. The molecule has 130 valence electrons. The van der Waals surface area contributed by atoms with Crippen molar-refractivity contribution in [3.05, 3.63) is 29.8 Å². The minimum absolute atomic E-state index is 0.0403. The van der Waals surface area contributed by atoms with Crippen molar-refractivity contribution in [3.8, 4) is 5.75 Å². The Hall–Kier alpha value is -2.08. The number of amides is 2. The predicted molar refractivity (Wildman–Crippen MR) is 90.5 cm³/mol. The van der Waals surface area contributed by atoms with Gasteiger partial charge in [0.05, 0.1) is 25.7 Å². The lowest BCUT2D eigenvalue weighted by molar-refractivity contribution is -0.125. The summed E-state index contributed by atoms with van der Waals surface area (Å²) >= 11 is 0. The average molecular weight is 331 g/mol. The minimum Gasteiger partial charge on any atom is -0.493 e. The fraction of sp³-hybridized carbons (Fsp3) is 0.556. The van der Waals surface area contributed by atoms with Gasteiger partial charge in [-0.05, 0) is 18.9 Å². The molecule has 1 saturated carbocycles. The molecule has 1 aromatic rings. The molecule has 0 spiro atoms. The molecule has 1 atom stereocenters. The van der Waals surface area contributed by atoms with Gasteiger partial charge in [0.1, 0.15) is 5.75 Å². The van der Waals surface area contributed by atoms with Crippen LogP contribution in [0.3, 0.4) is 0 Å². The summed E-state index contributed by atoms with van der Waals surface area (Å²) in [5.74, 6) is 0.384. The molecule has 6 nitrogen and oxygen atoms in total. The fourth-order valence-corrected chi connectivity index (χ4v) is 3.70. The van der Waals surface area contributed by atoms with Gasteiger partial charge in [0.2, 0.25) is 11.8 Å². The zero-order valence-electron chi connectivity index (χ0n) is 13.9. The predicted octanol–water partition coefficient (Wildman–Crippen LogP) is 1.36. The number of para-hydroxylation sites is 1. The molecule has 1 fully saturated rings. The molecular weight excluding hydrogens is 306 g/mol. The van der Waals surface area contributed by atoms with Crippen LogP contribution in [0.25, 0.3) is 0 Å². The molecule has 0 radical (unpaired) electrons. The van der Waals surface area contributed by atoms with Crippen molar-refractivity contribution in [1.82, 2.24) is 10.2 Å². The number of nitrogens with one attached hydrogen (secondary N) is 1. The van der Waals surface area contributed by atoms with Crippen LogP contribution in [0.2, 0.25) is 0 Å². The number of primary amides is 1. The van der Waals surface area contributed by atoms with E-state index in [9.17, 15) is 9.59 Å². The van der Waals surface area contributed by atoms with Crippen molar-refractivity contribution in [1.29, 1.82) is 0 Å². The molecule has 0 aromatic heterocycles. The van der Waals surface area contributed by atoms with E-state index in [0.717, 1.165) is 43.4 Å². The molecule has 0 unspecified atom stereocenters. The second kappa shape index (κ2) is 7.66. The monoisotopic (exact) mass is 331 g/mol. The van der Waals surface area contributed by atoms with Crippen LogP contribution >= 0.6 is 0 Å². The van der Waals surface area contributed by atoms with Crippen molar-refractivity contribution in [2.24, 2.45) is 5.73 Å². The molecular formula is C18H25N3O3. The first-order chi connectivity index (χ1) is 11.6. The summed E-state index contributed by atoms with van der Waals surface area (Å²) in [6.45, 7) is 0.950. The average Bonchev–Trinajstić information content (AvgIpc) is 3.08. The summed E-state index contributed by atoms with van der Waals surface area (Å²) in [6, 6.07) is 8.03. The maximum Gasteiger partial charge on any atom is 0.234 e. The first-order valence-corrected chi connectivity index (χ1v) is 8.67. The van der Waals surface area contributed by atoms with E-state index in [1.54, 1.807) is 0 Å². The molecule has 3 rings (SSSR count). The third-order valence-electron chi connectivity index (χ3n) is 4.84. The summed E-state index contributed by atoms with van der Waals surface area (Å²) < 4.78 is 5.63. The lowest BCUT2D eigenvalue weighted by Gasteiger charge is -2.30. The first kappa shape index (κ1) is 16.8. The van der Waals surface area contributed by atoms with Crippen molar-refractivity contribution >= 4 is 11.8 Å². The van der Waals surface area contributed by atoms with Crippen molar-refractivity contribution in [2.45, 2.75) is 44.2 Å². The third kappa shape index (κ3) is 4.06. The van der Waals surface area contributed by atoms with E-state index >= 15 is 0 Å². The van der Waals surface area contributed by atoms with Gasteiger partial charge in [-0.15, -0.1) is 0 Å². The Morgan fingerprint density at radius 2 is 1.92 bits per heavy atom. The smallest absolute Gasteiger partial charge is 0.234 e. The van der Waals surface area contributed by atoms with Gasteiger partial charge in [0.15, 0.2) is 0 Å². The van der Waals surface area contributed by atoms with Crippen LogP contribution in [-0.2, 0) is 9.59 Å². The molecule has 1 aromatic carbocycles. The maximum absolute atomic E-state index is 12.5. The highest BCUT2D eigenvalue weighted by atomic mass is 16.5. The standard InChI is InChI=1S/C18H25N3O3/c19-17(22)11-21(13-5-1-2-6-13)12-18(23)20-15-9-10-24-16-8-4-3-7-14(15)16/h3-4,7-8,13,15H,1-2,5-6,9-12H2,(H2,19,22)(H,20,23)/t15-/m1/s1. The number of hydrogen-bond donors (Lipinski definition) is 2. The summed E-state index contributed by atoms with van der Waals surface area (Å²) in [6.07, 6.45) is 5.10. The van der Waals surface area contributed by atoms with Gasteiger partial charge in [-0.2, -0.15) is 0 Å². The second-order valence-electron chi connectivity index (χ2n) is 6.60. The highest BCUT2D eigenvalue weighted by Crippen LogP contribution is 2.31. The number of ether oxygens (including phenoxy) is 1. The highest BCUT2D eigenvalue weighted by molar-refractivity contribution is 5.80. The normalized spacial score (nSPS) is 20.5. The van der Waals surface area contributed by atoms with Crippen LogP contribution in [-0.4, -0.2) is 42.5 Å². The molecule has 1 aliphatic carbocycles. The fourth-order valence-electron chi connectivity index (χ4n) is 3.70. The van der Waals surface area contributed by atoms with E-state index in [1.165, 1.54) is 0 Å². The van der Waals surface area contributed by atoms with E-state index in [0.29, 0.717) is 6.61 Å². The van der Waals surface area contributed by atoms with E-state index < -0.39 is 0 Å². The van der Waals surface area contributed by atoms with Crippen LogP contribution in [0.1, 0.15) is 43.7 Å². The van der Waals surface area contributed by atoms with Gasteiger partial charge < -0.3 is 15.8 Å². The van der Waals surface area contributed by atoms with E-state index in [1.807, 2.05) is 29.2 Å². The Labute approximate surface area is 142 Å². The zero-order chi connectivity index (χ0) is 16.9. The SMILES string of the molecule is NC(=O)CN(CC(=O)N[C@@H]1CCOc2ccccc21)C1CCCC1. The van der Waals surface area contributed by atoms with Gasteiger partial charge >= 0.3 is 0 Å². The largest absolute Gasteiger partial charge is 0.493 e. The number of fused-ring (bicyclic) bond motifs is 1. The van der Waals surface area contributed by atoms with Crippen LogP contribution in [0.15, 0.2) is 24.3 Å². The zero-order valence-corrected chi connectivity index (χ0v) is 13.9. The first-order valence-electron chi connectivity index (χ1n) is 8.67. The number of nitrogens with two attached hydrogens (primary N) is 1. The highest BCUT2D eigenvalue weighted by Gasteiger charge is 2.27. The number of hydrogen-bond acceptors (Lipinski definition) is 4. The molecule has 0 saturated heterocycles. The molecule has 0 bridgehead atoms. The number of carbonyl (C=O) groups excluding carboxylic acids is 2. The quantitative estimate of drug-likeness (QED) is 0.824. The Kier molecular flexibility index (Phi) is 5.35. The van der Waals surface area contributed by atoms with Crippen molar-refractivity contribution < 1.29 is 14.3 Å². The molecule has 2 amide bonds. The lowest BCUT2D eigenvalue weighted by Crippen LogP contribution is -2.46. The Morgan fingerprint density at radius 3 is 2.67 bits per heavy atom. The molecule has 3 N–H and O–H groups in total. The Balaban J connectivity index is 1.62. The van der Waals surface area contributed by atoms with Gasteiger partial charge in [-0.25, -0.2) is 0 Å². The van der Waals surface area contributed by atoms with Gasteiger partial charge in [-0.3, -0.25) is 14.5 Å². The van der Waals surface area contributed by atoms with E-state index in [-0.39, 0.29) is 37.0 Å². The van der Waals surface area contributed by atoms with Crippen LogP contribution in [0.5, 0.6) is 5.75 Å². The number of carbonyl (C=O) groups is 2. The van der Waals surface area contributed by atoms with Crippen LogP contribution in [0.4, 0.5) is 0 Å². The van der Waals surface area contributed by atoms with E-state index in [4.69, 9.17) is 10.5 Å². The number of rotatable bonds is 6. The minimum atomic E-state index is -0.383. The van der Waals surface area contributed by atoms with Gasteiger partial charge in [0, 0.05) is 18.0 Å². The second-order valence-corrected chi connectivity index (χ2v) is 6.60. The van der Waals surface area contributed by atoms with Gasteiger partial charge in [-0.1, -0.05) is 31.0 Å². The number of nitrogens with zero attached hydrogens (tertiary/aromatic N) is 1.